The van der Waals surface area contributed by atoms with Crippen LogP contribution in [0.25, 0.3) is 0 Å². The molecular weight excluding hydrogens is 884 g/mol. The number of ether oxygens (including phenoxy) is 1. The number of methoxy groups -OCH3 is 1. The number of nitro groups is 2. The summed E-state index contributed by atoms with van der Waals surface area (Å²) in [6, 6.07) is 14.4. The summed E-state index contributed by atoms with van der Waals surface area (Å²) in [5.74, 6) is -2.41. The van der Waals surface area contributed by atoms with Gasteiger partial charge in [-0.3, -0.25) is 20.2 Å². The Labute approximate surface area is 350 Å². The first-order chi connectivity index (χ1) is 27.4. The third-order valence-electron chi connectivity index (χ3n) is 10.2. The summed E-state index contributed by atoms with van der Waals surface area (Å²) >= 11 is 23.7. The second-order valence-corrected chi connectivity index (χ2v) is 15.3. The number of esters is 1. The van der Waals surface area contributed by atoms with Crippen molar-refractivity contribution in [2.75, 3.05) is 43.1 Å². The number of rotatable bonds is 8. The minimum absolute atomic E-state index is 0.0155. The van der Waals surface area contributed by atoms with Crippen molar-refractivity contribution < 1.29 is 55.6 Å². The van der Waals surface area contributed by atoms with E-state index in [1.54, 1.807) is 0 Å². The van der Waals surface area contributed by atoms with Crippen molar-refractivity contribution in [1.29, 1.82) is 0 Å². The molecule has 59 heavy (non-hydrogen) atoms. The molecule has 2 aliphatic rings. The monoisotopic (exact) mass is 910 g/mol. The van der Waals surface area contributed by atoms with Crippen molar-refractivity contribution in [2.24, 2.45) is 0 Å². The van der Waals surface area contributed by atoms with Crippen LogP contribution in [0.1, 0.15) is 44.7 Å². The van der Waals surface area contributed by atoms with Gasteiger partial charge in [0, 0.05) is 69.8 Å². The molecule has 0 spiro atoms. The van der Waals surface area contributed by atoms with Crippen molar-refractivity contribution in [2.45, 2.75) is 36.0 Å². The molecule has 2 atom stereocenters. The van der Waals surface area contributed by atoms with Gasteiger partial charge < -0.3 is 19.6 Å². The van der Waals surface area contributed by atoms with E-state index in [9.17, 15) is 56.2 Å². The number of anilines is 2. The average molecular weight is 912 g/mol. The molecule has 0 aromatic heterocycles. The zero-order valence-electron chi connectivity index (χ0n) is 30.0. The number of aromatic carboxylic acids is 1. The Balaban J connectivity index is 0.000000224. The van der Waals surface area contributed by atoms with E-state index < -0.39 is 75.0 Å². The largest absolute Gasteiger partial charge is 0.477 e. The van der Waals surface area contributed by atoms with E-state index in [0.29, 0.717) is 0 Å². The molecule has 2 unspecified atom stereocenters. The van der Waals surface area contributed by atoms with Gasteiger partial charge in [-0.25, -0.2) is 9.59 Å². The van der Waals surface area contributed by atoms with Gasteiger partial charge in [-0.15, -0.1) is 0 Å². The minimum Gasteiger partial charge on any atom is -0.477 e. The smallest absolute Gasteiger partial charge is 0.400 e. The van der Waals surface area contributed by atoms with Crippen LogP contribution in [0.5, 0.6) is 0 Å². The van der Waals surface area contributed by atoms with Gasteiger partial charge in [0.25, 0.3) is 11.4 Å². The Morgan fingerprint density at radius 3 is 1.34 bits per heavy atom. The number of halogens is 10. The molecule has 4 aromatic carbocycles. The molecule has 2 fully saturated rings. The summed E-state index contributed by atoms with van der Waals surface area (Å²) in [4.78, 5) is 46.5. The van der Waals surface area contributed by atoms with Gasteiger partial charge in [-0.05, 0) is 84.6 Å². The van der Waals surface area contributed by atoms with E-state index in [1.807, 2.05) is 0 Å². The highest BCUT2D eigenvalue weighted by Gasteiger charge is 2.60. The van der Waals surface area contributed by atoms with Crippen LogP contribution in [-0.4, -0.2) is 72.5 Å². The first kappa shape index (κ1) is 45.1. The van der Waals surface area contributed by atoms with Crippen molar-refractivity contribution >= 4 is 81.1 Å². The number of hydrogen-bond donors (Lipinski definition) is 1. The van der Waals surface area contributed by atoms with Crippen LogP contribution in [0.2, 0.25) is 20.1 Å². The zero-order chi connectivity index (χ0) is 43.8. The predicted octanol–water partition coefficient (Wildman–Crippen LogP) is 10.7. The lowest BCUT2D eigenvalue weighted by Gasteiger charge is -2.33. The highest BCUT2D eigenvalue weighted by molar-refractivity contribution is 6.35. The molecule has 22 heteroatoms. The van der Waals surface area contributed by atoms with Crippen LogP contribution in [-0.2, 0) is 15.6 Å². The number of hydrogen-bond acceptors (Lipinski definition) is 9. The molecule has 4 aromatic rings. The summed E-state index contributed by atoms with van der Waals surface area (Å²) in [5, 5.41) is 31.9. The van der Waals surface area contributed by atoms with Gasteiger partial charge in [0.2, 0.25) is 0 Å². The average Bonchev–Trinajstić information content (AvgIpc) is 3.81. The fourth-order valence-corrected chi connectivity index (χ4v) is 8.23. The summed E-state index contributed by atoms with van der Waals surface area (Å²) in [5.41, 5.74) is -6.44. The fourth-order valence-electron chi connectivity index (χ4n) is 7.18. The van der Waals surface area contributed by atoms with E-state index in [1.165, 1.54) is 64.4 Å². The van der Waals surface area contributed by atoms with Gasteiger partial charge in [0.1, 0.15) is 22.0 Å². The zero-order valence-corrected chi connectivity index (χ0v) is 33.1. The highest BCUT2D eigenvalue weighted by atomic mass is 35.5. The molecular formula is C37H28Cl4F6N4O8. The second kappa shape index (κ2) is 16.9. The van der Waals surface area contributed by atoms with Gasteiger partial charge >= 0.3 is 24.3 Å². The number of carbonyl (C=O) groups is 2. The lowest BCUT2D eigenvalue weighted by atomic mass is 9.79. The molecule has 314 valence electrons. The predicted molar refractivity (Wildman–Crippen MR) is 207 cm³/mol. The van der Waals surface area contributed by atoms with E-state index in [-0.39, 0.29) is 74.1 Å². The molecule has 0 saturated carbocycles. The Hall–Kier alpha value is -5.04. The molecule has 0 bridgehead atoms. The summed E-state index contributed by atoms with van der Waals surface area (Å²) in [6.07, 6.45) is -9.86. The third-order valence-corrected chi connectivity index (χ3v) is 11.0. The van der Waals surface area contributed by atoms with Crippen LogP contribution >= 0.6 is 46.4 Å². The Morgan fingerprint density at radius 1 is 0.661 bits per heavy atom. The molecule has 0 aliphatic carbocycles. The molecule has 1 N–H and O–H groups in total. The standard InChI is InChI=1S/C19H15Cl2F3N2O4.C18H13Cl2F3N2O4/c1-30-17(27)15-3-2-14(9-16(15)26(28)29)25-5-4-18(10-25,19(22,23)24)11-6-12(20)8-13(21)7-11;19-11-5-10(6-12(20)7-11)17(18(21,22)23)3-4-24(9-17)13-1-2-14(16(26)27)15(8-13)25(28)29/h2-3,6-9H,4-5,10H2,1H3;1-2,5-8H,3-4,9H2,(H,26,27). The number of carboxylic acid groups (broad SMARTS) is 1. The fraction of sp³-hybridized carbons (Fsp3) is 0.297. The van der Waals surface area contributed by atoms with E-state index in [2.05, 4.69) is 4.74 Å². The van der Waals surface area contributed by atoms with Crippen LogP contribution in [0.3, 0.4) is 0 Å². The Morgan fingerprint density at radius 2 is 1.02 bits per heavy atom. The molecule has 0 amide bonds. The maximum absolute atomic E-state index is 14.2. The lowest BCUT2D eigenvalue weighted by Crippen LogP contribution is -2.44. The highest BCUT2D eigenvalue weighted by Crippen LogP contribution is 2.51. The number of carboxylic acids is 1. The number of nitro benzene ring substituents is 2. The van der Waals surface area contributed by atoms with Gasteiger partial charge in [-0.2, -0.15) is 26.3 Å². The van der Waals surface area contributed by atoms with Crippen molar-refractivity contribution in [3.8, 4) is 0 Å². The van der Waals surface area contributed by atoms with Crippen LogP contribution in [0.4, 0.5) is 49.1 Å². The Kier molecular flexibility index (Phi) is 12.9. The number of alkyl halides is 6. The number of carbonyl (C=O) groups excluding carboxylic acids is 1. The SMILES string of the molecule is COC(=O)c1ccc(N2CCC(c3cc(Cl)cc(Cl)c3)(C(F)(F)F)C2)cc1[N+](=O)[O-].O=C(O)c1ccc(N2CCC(c3cc(Cl)cc(Cl)c3)(C(F)(F)F)C2)cc1[N+](=O)[O-]. The number of benzene rings is 4. The van der Waals surface area contributed by atoms with Crippen LogP contribution in [0, 0.1) is 20.2 Å². The van der Waals surface area contributed by atoms with Crippen LogP contribution in [0.15, 0.2) is 72.8 Å². The van der Waals surface area contributed by atoms with Gasteiger partial charge in [-0.1, -0.05) is 46.4 Å². The van der Waals surface area contributed by atoms with E-state index >= 15 is 0 Å². The van der Waals surface area contributed by atoms with Gasteiger partial charge in [0.15, 0.2) is 0 Å². The van der Waals surface area contributed by atoms with Crippen molar-refractivity contribution in [3.05, 3.63) is 135 Å². The lowest BCUT2D eigenvalue weighted by molar-refractivity contribution is -0.385. The van der Waals surface area contributed by atoms with Crippen molar-refractivity contribution in [3.63, 3.8) is 0 Å². The molecule has 6 rings (SSSR count). The molecule has 0 radical (unpaired) electrons. The molecule has 2 saturated heterocycles. The topological polar surface area (TPSA) is 156 Å². The van der Waals surface area contributed by atoms with E-state index in [4.69, 9.17) is 51.5 Å². The molecule has 12 nitrogen and oxygen atoms in total. The molecule has 2 aliphatic heterocycles. The quantitative estimate of drug-likeness (QED) is 0.0781. The Bertz CT molecular complexity index is 2290. The van der Waals surface area contributed by atoms with Gasteiger partial charge in [0.05, 0.1) is 17.0 Å². The van der Waals surface area contributed by atoms with Crippen LogP contribution < -0.4 is 9.80 Å². The first-order valence-electron chi connectivity index (χ1n) is 16.9. The first-order valence-corrected chi connectivity index (χ1v) is 18.4. The summed E-state index contributed by atoms with van der Waals surface area (Å²) in [7, 11) is 1.08. The van der Waals surface area contributed by atoms with E-state index in [0.717, 1.165) is 25.3 Å². The maximum Gasteiger partial charge on any atom is 0.400 e. The normalized spacial score (nSPS) is 19.2. The minimum atomic E-state index is -4.64. The molecule has 2 heterocycles. The van der Waals surface area contributed by atoms with Crippen molar-refractivity contribution in [1.82, 2.24) is 0 Å². The summed E-state index contributed by atoms with van der Waals surface area (Å²) < 4.78 is 89.5. The number of nitrogens with zero attached hydrogens (tertiary/aromatic N) is 4. The third kappa shape index (κ3) is 9.10. The maximum atomic E-state index is 14.2. The second-order valence-electron chi connectivity index (χ2n) is 13.5. The summed E-state index contributed by atoms with van der Waals surface area (Å²) in [6.45, 7) is -1.07.